The molecule has 1 aromatic heterocycles. The summed E-state index contributed by atoms with van der Waals surface area (Å²) in [6, 6.07) is 21.9. The Kier molecular flexibility index (Phi) is 5.54. The van der Waals surface area contributed by atoms with Gasteiger partial charge in [0.05, 0.1) is 6.54 Å². The van der Waals surface area contributed by atoms with Crippen molar-refractivity contribution in [2.45, 2.75) is 6.54 Å². The first kappa shape index (κ1) is 16.9. The van der Waals surface area contributed by atoms with Crippen LogP contribution in [0.5, 0.6) is 0 Å². The molecule has 3 aromatic rings. The minimum Gasteiger partial charge on any atom is -0.375 e. The van der Waals surface area contributed by atoms with Gasteiger partial charge in [0.25, 0.3) is 5.91 Å². The predicted molar refractivity (Wildman–Crippen MR) is 99.2 cm³/mol. The fraction of sp³-hybridized carbons (Fsp3) is 0.143. The van der Waals surface area contributed by atoms with Gasteiger partial charge in [-0.2, -0.15) is 0 Å². The summed E-state index contributed by atoms with van der Waals surface area (Å²) in [5.74, 6) is -0.0865. The van der Waals surface area contributed by atoms with Crippen LogP contribution in [-0.4, -0.2) is 24.6 Å². The molecule has 0 atom stereocenters. The molecule has 1 amide bonds. The molecule has 0 spiro atoms. The molecule has 0 radical (unpaired) electrons. The molecule has 0 aliphatic rings. The summed E-state index contributed by atoms with van der Waals surface area (Å²) in [6.07, 6.45) is 3.50. The maximum absolute atomic E-state index is 12.6. The summed E-state index contributed by atoms with van der Waals surface area (Å²) >= 11 is 0. The lowest BCUT2D eigenvalue weighted by Gasteiger charge is -2.23. The van der Waals surface area contributed by atoms with Gasteiger partial charge < -0.3 is 9.64 Å². The molecule has 0 saturated heterocycles. The fourth-order valence-electron chi connectivity index (χ4n) is 2.68. The third kappa shape index (κ3) is 4.31. The van der Waals surface area contributed by atoms with Crippen LogP contribution in [0.1, 0.15) is 5.56 Å². The molecular formula is C21H20N2O2. The van der Waals surface area contributed by atoms with Gasteiger partial charge in [-0.05, 0) is 34.9 Å². The molecule has 0 N–H and O–H groups in total. The molecule has 3 rings (SSSR count). The van der Waals surface area contributed by atoms with Crippen LogP contribution in [0.3, 0.4) is 0 Å². The average Bonchev–Trinajstić information content (AvgIpc) is 2.68. The lowest BCUT2D eigenvalue weighted by Crippen LogP contribution is -2.33. The number of benzene rings is 2. The molecule has 4 nitrogen and oxygen atoms in total. The third-order valence-electron chi connectivity index (χ3n) is 3.90. The van der Waals surface area contributed by atoms with Crippen molar-refractivity contribution >= 4 is 11.6 Å². The van der Waals surface area contributed by atoms with Crippen molar-refractivity contribution in [2.75, 3.05) is 18.6 Å². The van der Waals surface area contributed by atoms with Gasteiger partial charge in [0.2, 0.25) is 0 Å². The molecule has 1 heterocycles. The number of pyridine rings is 1. The Morgan fingerprint density at radius 1 is 1.00 bits per heavy atom. The standard InChI is InChI=1S/C21H20N2O2/c1-25-16-21(24)23(15-17-7-6-12-22-14-17)20-11-5-10-19(13-20)18-8-3-2-4-9-18/h2-14H,15-16H2,1H3. The van der Waals surface area contributed by atoms with Crippen molar-refractivity contribution < 1.29 is 9.53 Å². The normalized spacial score (nSPS) is 10.4. The summed E-state index contributed by atoms with van der Waals surface area (Å²) in [4.78, 5) is 18.4. The van der Waals surface area contributed by atoms with Crippen LogP contribution < -0.4 is 4.90 Å². The van der Waals surface area contributed by atoms with E-state index >= 15 is 0 Å². The first-order valence-electron chi connectivity index (χ1n) is 8.11. The Bertz CT molecular complexity index is 820. The number of nitrogens with zero attached hydrogens (tertiary/aromatic N) is 2. The Hall–Kier alpha value is -2.98. The van der Waals surface area contributed by atoms with Crippen molar-refractivity contribution in [3.63, 3.8) is 0 Å². The molecule has 0 aliphatic carbocycles. The number of ether oxygens (including phenoxy) is 1. The second-order valence-electron chi connectivity index (χ2n) is 5.69. The molecule has 0 bridgehead atoms. The van der Waals surface area contributed by atoms with Gasteiger partial charge in [-0.1, -0.05) is 48.5 Å². The highest BCUT2D eigenvalue weighted by atomic mass is 16.5. The van der Waals surface area contributed by atoms with Gasteiger partial charge in [-0.15, -0.1) is 0 Å². The molecule has 0 fully saturated rings. The molecule has 25 heavy (non-hydrogen) atoms. The number of anilines is 1. The number of methoxy groups -OCH3 is 1. The Morgan fingerprint density at radius 3 is 2.52 bits per heavy atom. The van der Waals surface area contributed by atoms with E-state index in [9.17, 15) is 4.79 Å². The van der Waals surface area contributed by atoms with Crippen molar-refractivity contribution in [1.29, 1.82) is 0 Å². The van der Waals surface area contributed by atoms with Crippen LogP contribution >= 0.6 is 0 Å². The zero-order valence-corrected chi connectivity index (χ0v) is 14.1. The lowest BCUT2D eigenvalue weighted by molar-refractivity contribution is -0.122. The lowest BCUT2D eigenvalue weighted by atomic mass is 10.0. The summed E-state index contributed by atoms with van der Waals surface area (Å²) in [6.45, 7) is 0.490. The minimum atomic E-state index is -0.0865. The number of rotatable bonds is 6. The fourth-order valence-corrected chi connectivity index (χ4v) is 2.68. The minimum absolute atomic E-state index is 0.0375. The quantitative estimate of drug-likeness (QED) is 0.687. The van der Waals surface area contributed by atoms with E-state index in [1.54, 1.807) is 17.3 Å². The number of carbonyl (C=O) groups excluding carboxylic acids is 1. The Balaban J connectivity index is 1.94. The van der Waals surface area contributed by atoms with Gasteiger partial charge >= 0.3 is 0 Å². The maximum atomic E-state index is 12.6. The summed E-state index contributed by atoms with van der Waals surface area (Å²) in [5, 5.41) is 0. The van der Waals surface area contributed by atoms with Crippen molar-refractivity contribution in [2.24, 2.45) is 0 Å². The number of aromatic nitrogens is 1. The molecule has 0 saturated carbocycles. The van der Waals surface area contributed by atoms with Gasteiger partial charge in [-0.25, -0.2) is 0 Å². The van der Waals surface area contributed by atoms with E-state index in [-0.39, 0.29) is 12.5 Å². The highest BCUT2D eigenvalue weighted by Crippen LogP contribution is 2.25. The monoisotopic (exact) mass is 332 g/mol. The number of amides is 1. The van der Waals surface area contributed by atoms with Crippen molar-refractivity contribution in [3.8, 4) is 11.1 Å². The number of hydrogen-bond acceptors (Lipinski definition) is 3. The van der Waals surface area contributed by atoms with E-state index in [0.717, 1.165) is 22.4 Å². The zero-order chi connectivity index (χ0) is 17.5. The zero-order valence-electron chi connectivity index (χ0n) is 14.1. The first-order chi connectivity index (χ1) is 12.3. The molecule has 126 valence electrons. The van der Waals surface area contributed by atoms with Crippen LogP contribution in [0, 0.1) is 0 Å². The largest absolute Gasteiger partial charge is 0.375 e. The van der Waals surface area contributed by atoms with E-state index < -0.39 is 0 Å². The second kappa shape index (κ2) is 8.22. The highest BCUT2D eigenvalue weighted by molar-refractivity contribution is 5.94. The average molecular weight is 332 g/mol. The summed E-state index contributed by atoms with van der Waals surface area (Å²) in [7, 11) is 1.53. The number of carbonyl (C=O) groups is 1. The smallest absolute Gasteiger partial charge is 0.253 e. The molecule has 4 heteroatoms. The molecule has 0 unspecified atom stereocenters. The van der Waals surface area contributed by atoms with Crippen molar-refractivity contribution in [1.82, 2.24) is 4.98 Å². The van der Waals surface area contributed by atoms with Gasteiger partial charge in [0, 0.05) is 25.2 Å². The molecule has 2 aromatic carbocycles. The van der Waals surface area contributed by atoms with Crippen LogP contribution in [0.4, 0.5) is 5.69 Å². The maximum Gasteiger partial charge on any atom is 0.253 e. The van der Waals surface area contributed by atoms with E-state index in [1.807, 2.05) is 54.6 Å². The van der Waals surface area contributed by atoms with Crippen LogP contribution in [0.2, 0.25) is 0 Å². The summed E-state index contributed by atoms with van der Waals surface area (Å²) in [5.41, 5.74) is 3.99. The second-order valence-corrected chi connectivity index (χ2v) is 5.69. The van der Waals surface area contributed by atoms with E-state index in [0.29, 0.717) is 6.54 Å². The predicted octanol–water partition coefficient (Wildman–Crippen LogP) is 3.93. The van der Waals surface area contributed by atoms with Gasteiger partial charge in [0.15, 0.2) is 0 Å². The van der Waals surface area contributed by atoms with E-state index in [2.05, 4.69) is 17.1 Å². The molecular weight excluding hydrogens is 312 g/mol. The Morgan fingerprint density at radius 2 is 1.80 bits per heavy atom. The summed E-state index contributed by atoms with van der Waals surface area (Å²) < 4.78 is 5.05. The Labute approximate surface area is 147 Å². The SMILES string of the molecule is COCC(=O)N(Cc1cccnc1)c1cccc(-c2ccccc2)c1. The number of hydrogen-bond donors (Lipinski definition) is 0. The first-order valence-corrected chi connectivity index (χ1v) is 8.11. The highest BCUT2D eigenvalue weighted by Gasteiger charge is 2.16. The van der Waals surface area contributed by atoms with Gasteiger partial charge in [-0.3, -0.25) is 9.78 Å². The van der Waals surface area contributed by atoms with Crippen molar-refractivity contribution in [3.05, 3.63) is 84.7 Å². The molecule has 0 aliphatic heterocycles. The van der Waals surface area contributed by atoms with Crippen LogP contribution in [0.15, 0.2) is 79.1 Å². The van der Waals surface area contributed by atoms with Crippen LogP contribution in [-0.2, 0) is 16.1 Å². The van der Waals surface area contributed by atoms with E-state index in [4.69, 9.17) is 4.74 Å². The topological polar surface area (TPSA) is 42.4 Å². The van der Waals surface area contributed by atoms with Crippen LogP contribution in [0.25, 0.3) is 11.1 Å². The van der Waals surface area contributed by atoms with Gasteiger partial charge in [0.1, 0.15) is 6.61 Å². The third-order valence-corrected chi connectivity index (χ3v) is 3.90. The van der Waals surface area contributed by atoms with E-state index in [1.165, 1.54) is 7.11 Å².